The van der Waals surface area contributed by atoms with Crippen LogP contribution in [0.15, 0.2) is 72.8 Å². The molecule has 8 heteroatoms. The number of amides is 1. The number of hydrogen-bond donors (Lipinski definition) is 2. The van der Waals surface area contributed by atoms with Gasteiger partial charge in [-0.05, 0) is 47.6 Å². The molecular formula is C21H17N3O4S. The Labute approximate surface area is 172 Å². The first-order valence-corrected chi connectivity index (χ1v) is 8.99. The second kappa shape index (κ2) is 8.94. The van der Waals surface area contributed by atoms with E-state index in [2.05, 4.69) is 10.6 Å². The van der Waals surface area contributed by atoms with Crippen molar-refractivity contribution < 1.29 is 14.5 Å². The summed E-state index contributed by atoms with van der Waals surface area (Å²) in [6.07, 6.45) is 0. The molecule has 0 heterocycles. The van der Waals surface area contributed by atoms with E-state index in [1.807, 2.05) is 42.5 Å². The predicted molar refractivity (Wildman–Crippen MR) is 115 cm³/mol. The summed E-state index contributed by atoms with van der Waals surface area (Å²) in [5.41, 5.74) is 2.64. The van der Waals surface area contributed by atoms with Crippen LogP contribution in [-0.2, 0) is 0 Å². The minimum absolute atomic E-state index is 0.0293. The van der Waals surface area contributed by atoms with Crippen LogP contribution in [0.1, 0.15) is 10.4 Å². The van der Waals surface area contributed by atoms with Crippen molar-refractivity contribution in [2.45, 2.75) is 0 Å². The molecule has 3 aromatic carbocycles. The number of hydrogen-bond acceptors (Lipinski definition) is 5. The van der Waals surface area contributed by atoms with E-state index in [0.29, 0.717) is 11.3 Å². The minimum atomic E-state index is -0.556. The van der Waals surface area contributed by atoms with E-state index in [9.17, 15) is 14.9 Å². The van der Waals surface area contributed by atoms with E-state index < -0.39 is 4.92 Å². The molecule has 0 aliphatic carbocycles. The van der Waals surface area contributed by atoms with Gasteiger partial charge in [0.1, 0.15) is 0 Å². The molecular weight excluding hydrogens is 390 g/mol. The fourth-order valence-corrected chi connectivity index (χ4v) is 2.90. The number of rotatable bonds is 5. The second-order valence-corrected chi connectivity index (χ2v) is 6.40. The first kappa shape index (κ1) is 20.0. The molecule has 0 aromatic heterocycles. The highest BCUT2D eigenvalue weighted by Crippen LogP contribution is 2.29. The molecule has 146 valence electrons. The monoisotopic (exact) mass is 407 g/mol. The van der Waals surface area contributed by atoms with Crippen molar-refractivity contribution in [1.82, 2.24) is 5.32 Å². The van der Waals surface area contributed by atoms with Crippen LogP contribution in [0.25, 0.3) is 11.1 Å². The molecule has 3 rings (SSSR count). The van der Waals surface area contributed by atoms with Crippen molar-refractivity contribution >= 4 is 34.6 Å². The number of benzene rings is 3. The summed E-state index contributed by atoms with van der Waals surface area (Å²) >= 11 is 5.14. The number of anilines is 1. The summed E-state index contributed by atoms with van der Waals surface area (Å²) in [7, 11) is 1.35. The van der Waals surface area contributed by atoms with Crippen LogP contribution in [0.2, 0.25) is 0 Å². The van der Waals surface area contributed by atoms with Gasteiger partial charge in [0.25, 0.3) is 5.91 Å². The van der Waals surface area contributed by atoms with Crippen molar-refractivity contribution in [3.63, 3.8) is 0 Å². The number of nitrogens with zero attached hydrogens (tertiary/aromatic N) is 1. The van der Waals surface area contributed by atoms with Crippen molar-refractivity contribution in [2.24, 2.45) is 0 Å². The molecule has 0 spiro atoms. The molecule has 0 saturated carbocycles. The van der Waals surface area contributed by atoms with E-state index in [0.717, 1.165) is 11.1 Å². The Hall–Kier alpha value is -3.78. The van der Waals surface area contributed by atoms with Gasteiger partial charge in [-0.1, -0.05) is 42.5 Å². The van der Waals surface area contributed by atoms with Crippen LogP contribution >= 0.6 is 12.2 Å². The first-order chi connectivity index (χ1) is 14.0. The Balaban J connectivity index is 1.66. The van der Waals surface area contributed by atoms with Gasteiger partial charge in [0, 0.05) is 17.3 Å². The van der Waals surface area contributed by atoms with Gasteiger partial charge < -0.3 is 10.1 Å². The van der Waals surface area contributed by atoms with Gasteiger partial charge in [-0.15, -0.1) is 0 Å². The van der Waals surface area contributed by atoms with E-state index >= 15 is 0 Å². The maximum absolute atomic E-state index is 12.4. The number of methoxy groups -OCH3 is 1. The summed E-state index contributed by atoms with van der Waals surface area (Å²) in [4.78, 5) is 23.0. The smallest absolute Gasteiger partial charge is 0.312 e. The van der Waals surface area contributed by atoms with Gasteiger partial charge in [-0.2, -0.15) is 0 Å². The molecule has 0 aliphatic heterocycles. The second-order valence-electron chi connectivity index (χ2n) is 6.00. The van der Waals surface area contributed by atoms with Gasteiger partial charge in [0.2, 0.25) is 0 Å². The number of thiocarbonyl (C=S) groups is 1. The zero-order chi connectivity index (χ0) is 20.8. The lowest BCUT2D eigenvalue weighted by molar-refractivity contribution is -0.385. The van der Waals surface area contributed by atoms with Gasteiger partial charge in [-0.25, -0.2) is 0 Å². The lowest BCUT2D eigenvalue weighted by Gasteiger charge is -2.11. The van der Waals surface area contributed by atoms with Gasteiger partial charge >= 0.3 is 5.69 Å². The lowest BCUT2D eigenvalue weighted by Crippen LogP contribution is -2.34. The molecule has 3 aromatic rings. The van der Waals surface area contributed by atoms with Crippen LogP contribution in [0, 0.1) is 10.1 Å². The Bertz CT molecular complexity index is 1050. The largest absolute Gasteiger partial charge is 0.490 e. The number of ether oxygens (including phenoxy) is 1. The summed E-state index contributed by atoms with van der Waals surface area (Å²) in [6.45, 7) is 0. The topological polar surface area (TPSA) is 93.5 Å². The number of carbonyl (C=O) groups excluding carboxylic acids is 1. The molecule has 0 bridgehead atoms. The summed E-state index contributed by atoms with van der Waals surface area (Å²) in [5.74, 6) is -0.251. The fourth-order valence-electron chi connectivity index (χ4n) is 2.69. The highest BCUT2D eigenvalue weighted by Gasteiger charge is 2.16. The van der Waals surface area contributed by atoms with E-state index in [1.54, 1.807) is 18.2 Å². The number of carbonyl (C=O) groups is 1. The summed E-state index contributed by atoms with van der Waals surface area (Å²) in [5, 5.41) is 16.5. The van der Waals surface area contributed by atoms with Gasteiger partial charge in [0.15, 0.2) is 10.9 Å². The standard InChI is InChI=1S/C21H17N3O4S/c1-28-19-12-11-17(13-18(19)24(26)27)22-21(29)23-20(25)16-9-7-15(8-10-16)14-5-3-2-4-6-14/h2-13H,1H3,(H2,22,23,25,29). The molecule has 7 nitrogen and oxygen atoms in total. The number of nitro benzene ring substituents is 1. The SMILES string of the molecule is COc1ccc(NC(=S)NC(=O)c2ccc(-c3ccccc3)cc2)cc1[N+](=O)[O-]. The molecule has 1 amide bonds. The summed E-state index contributed by atoms with van der Waals surface area (Å²) < 4.78 is 4.96. The maximum atomic E-state index is 12.4. The Morgan fingerprint density at radius 1 is 1.00 bits per heavy atom. The van der Waals surface area contributed by atoms with Gasteiger partial charge in [-0.3, -0.25) is 20.2 Å². The molecule has 0 aliphatic rings. The van der Waals surface area contributed by atoms with Crippen LogP contribution in [0.4, 0.5) is 11.4 Å². The Morgan fingerprint density at radius 3 is 2.28 bits per heavy atom. The van der Waals surface area contributed by atoms with Crippen LogP contribution < -0.4 is 15.4 Å². The zero-order valence-corrected chi connectivity index (χ0v) is 16.2. The predicted octanol–water partition coefficient (Wildman–Crippen LogP) is 4.40. The third-order valence-corrected chi connectivity index (χ3v) is 4.32. The van der Waals surface area contributed by atoms with Gasteiger partial charge in [0.05, 0.1) is 12.0 Å². The first-order valence-electron chi connectivity index (χ1n) is 8.58. The molecule has 0 unspecified atom stereocenters. The normalized spacial score (nSPS) is 10.1. The Morgan fingerprint density at radius 2 is 1.66 bits per heavy atom. The average Bonchev–Trinajstić information content (AvgIpc) is 2.74. The molecule has 29 heavy (non-hydrogen) atoms. The number of nitrogens with one attached hydrogen (secondary N) is 2. The van der Waals surface area contributed by atoms with Crippen molar-refractivity contribution in [1.29, 1.82) is 0 Å². The minimum Gasteiger partial charge on any atom is -0.490 e. The van der Waals surface area contributed by atoms with Crippen LogP contribution in [0.3, 0.4) is 0 Å². The van der Waals surface area contributed by atoms with E-state index in [1.165, 1.54) is 19.2 Å². The van der Waals surface area contributed by atoms with Crippen molar-refractivity contribution in [2.75, 3.05) is 12.4 Å². The number of nitro groups is 1. The molecule has 0 fully saturated rings. The molecule has 0 atom stereocenters. The molecule has 0 saturated heterocycles. The third-order valence-electron chi connectivity index (χ3n) is 4.11. The quantitative estimate of drug-likeness (QED) is 0.370. The Kier molecular flexibility index (Phi) is 6.16. The van der Waals surface area contributed by atoms with Crippen molar-refractivity contribution in [3.05, 3.63) is 88.5 Å². The maximum Gasteiger partial charge on any atom is 0.312 e. The highest BCUT2D eigenvalue weighted by atomic mass is 32.1. The van der Waals surface area contributed by atoms with Crippen LogP contribution in [-0.4, -0.2) is 23.1 Å². The van der Waals surface area contributed by atoms with Crippen molar-refractivity contribution in [3.8, 4) is 16.9 Å². The van der Waals surface area contributed by atoms with E-state index in [4.69, 9.17) is 17.0 Å². The lowest BCUT2D eigenvalue weighted by atomic mass is 10.0. The average molecular weight is 407 g/mol. The van der Waals surface area contributed by atoms with E-state index in [-0.39, 0.29) is 22.5 Å². The van der Waals surface area contributed by atoms with Crippen LogP contribution in [0.5, 0.6) is 5.75 Å². The molecule has 2 N–H and O–H groups in total. The fraction of sp³-hybridized carbons (Fsp3) is 0.0476. The highest BCUT2D eigenvalue weighted by molar-refractivity contribution is 7.80. The summed E-state index contributed by atoms with van der Waals surface area (Å²) in [6, 6.07) is 21.2. The third kappa shape index (κ3) is 4.94. The zero-order valence-electron chi connectivity index (χ0n) is 15.4. The molecule has 0 radical (unpaired) electrons.